The number of nitro groups is 1. The molecule has 0 saturated carbocycles. The molecule has 2 N–H and O–H groups in total. The van der Waals surface area contributed by atoms with Gasteiger partial charge >= 0.3 is 12.0 Å². The number of rotatable bonds is 5. The molecule has 0 bridgehead atoms. The van der Waals surface area contributed by atoms with Crippen LogP contribution in [-0.2, 0) is 4.79 Å². The Bertz CT molecular complexity index is 578. The van der Waals surface area contributed by atoms with E-state index in [2.05, 4.69) is 5.32 Å². The minimum absolute atomic E-state index is 0.163. The molecule has 0 aliphatic heterocycles. The van der Waals surface area contributed by atoms with Gasteiger partial charge in [-0.2, -0.15) is 0 Å². The van der Waals surface area contributed by atoms with E-state index in [0.29, 0.717) is 0 Å². The van der Waals surface area contributed by atoms with Crippen molar-refractivity contribution in [1.82, 2.24) is 4.90 Å². The van der Waals surface area contributed by atoms with Crippen molar-refractivity contribution >= 4 is 23.4 Å². The fourth-order valence-corrected chi connectivity index (χ4v) is 1.68. The zero-order valence-corrected chi connectivity index (χ0v) is 11.4. The molecule has 1 rings (SSSR count). The summed E-state index contributed by atoms with van der Waals surface area (Å²) in [5.74, 6) is -2.06. The van der Waals surface area contributed by atoms with Gasteiger partial charge in [0.25, 0.3) is 5.69 Å². The van der Waals surface area contributed by atoms with Crippen LogP contribution >= 0.6 is 0 Å². The molecule has 0 aliphatic rings. The molecule has 0 fully saturated rings. The van der Waals surface area contributed by atoms with Crippen molar-refractivity contribution in [2.45, 2.75) is 19.4 Å². The van der Waals surface area contributed by atoms with Crippen LogP contribution in [0.15, 0.2) is 18.2 Å². The summed E-state index contributed by atoms with van der Waals surface area (Å²) in [6.07, 6.45) is 0.163. The predicted molar refractivity (Wildman–Crippen MR) is 71.6 cm³/mol. The Kier molecular flexibility index (Phi) is 5.17. The fraction of sp³-hybridized carbons (Fsp3) is 0.333. The highest BCUT2D eigenvalue weighted by Crippen LogP contribution is 2.21. The van der Waals surface area contributed by atoms with Gasteiger partial charge in [-0.1, -0.05) is 6.92 Å². The summed E-state index contributed by atoms with van der Waals surface area (Å²) in [4.78, 5) is 33.6. The summed E-state index contributed by atoms with van der Waals surface area (Å²) in [6, 6.07) is 0.724. The average molecular weight is 299 g/mol. The number of halogens is 1. The van der Waals surface area contributed by atoms with Crippen molar-refractivity contribution in [2.24, 2.45) is 0 Å². The van der Waals surface area contributed by atoms with E-state index in [1.165, 1.54) is 7.05 Å². The lowest BCUT2D eigenvalue weighted by molar-refractivity contribution is -0.384. The van der Waals surface area contributed by atoms with Gasteiger partial charge in [0, 0.05) is 19.2 Å². The number of carbonyl (C=O) groups excluding carboxylic acids is 1. The van der Waals surface area contributed by atoms with Crippen LogP contribution in [-0.4, -0.2) is 40.0 Å². The molecular weight excluding hydrogens is 285 g/mol. The van der Waals surface area contributed by atoms with Crippen LogP contribution in [0.3, 0.4) is 0 Å². The lowest BCUT2D eigenvalue weighted by Crippen LogP contribution is -2.44. The Morgan fingerprint density at radius 2 is 2.14 bits per heavy atom. The third-order valence-corrected chi connectivity index (χ3v) is 2.86. The Morgan fingerprint density at radius 1 is 1.52 bits per heavy atom. The number of amides is 2. The average Bonchev–Trinajstić information content (AvgIpc) is 2.41. The van der Waals surface area contributed by atoms with E-state index in [9.17, 15) is 24.1 Å². The van der Waals surface area contributed by atoms with Gasteiger partial charge in [-0.25, -0.2) is 14.0 Å². The van der Waals surface area contributed by atoms with Crippen molar-refractivity contribution in [2.75, 3.05) is 12.4 Å². The molecule has 0 spiro atoms. The highest BCUT2D eigenvalue weighted by atomic mass is 19.1. The van der Waals surface area contributed by atoms with Crippen LogP contribution in [0, 0.1) is 15.9 Å². The normalized spacial score (nSPS) is 11.6. The van der Waals surface area contributed by atoms with E-state index in [0.717, 1.165) is 23.1 Å². The lowest BCUT2D eigenvalue weighted by Gasteiger charge is -2.24. The number of carbonyl (C=O) groups is 2. The largest absolute Gasteiger partial charge is 0.480 e. The summed E-state index contributed by atoms with van der Waals surface area (Å²) in [5, 5.41) is 21.7. The Labute approximate surface area is 119 Å². The van der Waals surface area contributed by atoms with Gasteiger partial charge < -0.3 is 15.3 Å². The minimum atomic E-state index is -1.20. The molecule has 0 heterocycles. The topological polar surface area (TPSA) is 113 Å². The second-order valence-electron chi connectivity index (χ2n) is 4.22. The Morgan fingerprint density at radius 3 is 2.62 bits per heavy atom. The van der Waals surface area contributed by atoms with Gasteiger partial charge in [0.05, 0.1) is 10.6 Å². The van der Waals surface area contributed by atoms with E-state index in [1.54, 1.807) is 6.92 Å². The standard InChI is InChI=1S/C12H14FN3O5/c1-3-10(11(17)18)15(2)12(19)14-9-6-7(16(20)21)4-5-8(9)13/h4-6,10H,3H2,1-2H3,(H,14,19)(H,17,18). The molecule has 114 valence electrons. The number of urea groups is 1. The number of non-ortho nitro benzene ring substituents is 1. The number of hydrogen-bond donors (Lipinski definition) is 2. The van der Waals surface area contributed by atoms with Crippen molar-refractivity contribution in [3.63, 3.8) is 0 Å². The van der Waals surface area contributed by atoms with E-state index in [1.807, 2.05) is 0 Å². The molecule has 8 nitrogen and oxygen atoms in total. The molecule has 1 unspecified atom stereocenters. The molecule has 2 amide bonds. The van der Waals surface area contributed by atoms with Crippen molar-refractivity contribution in [3.8, 4) is 0 Å². The number of aliphatic carboxylic acids is 1. The van der Waals surface area contributed by atoms with Crippen molar-refractivity contribution < 1.29 is 24.0 Å². The number of likely N-dealkylation sites (N-methyl/N-ethyl adjacent to an activating group) is 1. The molecule has 21 heavy (non-hydrogen) atoms. The Balaban J connectivity index is 2.95. The van der Waals surface area contributed by atoms with Crippen molar-refractivity contribution in [1.29, 1.82) is 0 Å². The second kappa shape index (κ2) is 6.64. The molecule has 1 atom stereocenters. The zero-order chi connectivity index (χ0) is 16.2. The number of nitrogens with zero attached hydrogens (tertiary/aromatic N) is 2. The first-order chi connectivity index (χ1) is 9.77. The van der Waals surface area contributed by atoms with Crippen LogP contribution in [0.4, 0.5) is 20.6 Å². The third kappa shape index (κ3) is 3.88. The maximum Gasteiger partial charge on any atom is 0.326 e. The number of hydrogen-bond acceptors (Lipinski definition) is 4. The number of carboxylic acids is 1. The second-order valence-corrected chi connectivity index (χ2v) is 4.22. The highest BCUT2D eigenvalue weighted by Gasteiger charge is 2.25. The molecule has 0 aromatic heterocycles. The van der Waals surface area contributed by atoms with E-state index < -0.39 is 28.8 Å². The number of benzene rings is 1. The molecule has 1 aromatic carbocycles. The first-order valence-electron chi connectivity index (χ1n) is 5.98. The molecule has 0 saturated heterocycles. The fourth-order valence-electron chi connectivity index (χ4n) is 1.68. The van der Waals surface area contributed by atoms with Crippen LogP contribution in [0.2, 0.25) is 0 Å². The summed E-state index contributed by atoms with van der Waals surface area (Å²) >= 11 is 0. The summed E-state index contributed by atoms with van der Waals surface area (Å²) in [7, 11) is 1.24. The number of nitrogens with one attached hydrogen (secondary N) is 1. The number of anilines is 1. The molecule has 0 radical (unpaired) electrons. The molecule has 9 heteroatoms. The van der Waals surface area contributed by atoms with Gasteiger partial charge in [-0.15, -0.1) is 0 Å². The van der Waals surface area contributed by atoms with Gasteiger partial charge in [0.2, 0.25) is 0 Å². The van der Waals surface area contributed by atoms with E-state index in [-0.39, 0.29) is 17.8 Å². The van der Waals surface area contributed by atoms with Gasteiger partial charge in [-0.3, -0.25) is 10.1 Å². The Hall–Kier alpha value is -2.71. The lowest BCUT2D eigenvalue weighted by atomic mass is 10.2. The van der Waals surface area contributed by atoms with Crippen LogP contribution in [0.1, 0.15) is 13.3 Å². The first-order valence-corrected chi connectivity index (χ1v) is 5.98. The molecule has 0 aliphatic carbocycles. The monoisotopic (exact) mass is 299 g/mol. The SMILES string of the molecule is CCC(C(=O)O)N(C)C(=O)Nc1cc([N+](=O)[O-])ccc1F. The number of carboxylic acid groups (broad SMARTS) is 1. The first kappa shape index (κ1) is 16.3. The smallest absolute Gasteiger partial charge is 0.326 e. The van der Waals surface area contributed by atoms with Gasteiger partial charge in [-0.05, 0) is 12.5 Å². The summed E-state index contributed by atoms with van der Waals surface area (Å²) < 4.78 is 13.5. The van der Waals surface area contributed by atoms with Crippen LogP contribution < -0.4 is 5.32 Å². The predicted octanol–water partition coefficient (Wildman–Crippen LogP) is 2.06. The third-order valence-electron chi connectivity index (χ3n) is 2.86. The van der Waals surface area contributed by atoms with E-state index in [4.69, 9.17) is 5.11 Å². The van der Waals surface area contributed by atoms with Crippen LogP contribution in [0.5, 0.6) is 0 Å². The number of nitro benzene ring substituents is 1. The maximum absolute atomic E-state index is 13.5. The van der Waals surface area contributed by atoms with Gasteiger partial charge in [0.1, 0.15) is 11.9 Å². The highest BCUT2D eigenvalue weighted by molar-refractivity contribution is 5.92. The maximum atomic E-state index is 13.5. The van der Waals surface area contributed by atoms with Crippen molar-refractivity contribution in [3.05, 3.63) is 34.1 Å². The quantitative estimate of drug-likeness (QED) is 0.638. The van der Waals surface area contributed by atoms with Crippen LogP contribution in [0.25, 0.3) is 0 Å². The summed E-state index contributed by atoms with van der Waals surface area (Å²) in [5.41, 5.74) is -0.777. The molecule has 1 aromatic rings. The zero-order valence-electron chi connectivity index (χ0n) is 11.4. The van der Waals surface area contributed by atoms with Gasteiger partial charge in [0.15, 0.2) is 0 Å². The van der Waals surface area contributed by atoms with E-state index >= 15 is 0 Å². The molecular formula is C12H14FN3O5. The summed E-state index contributed by atoms with van der Waals surface area (Å²) in [6.45, 7) is 1.58. The minimum Gasteiger partial charge on any atom is -0.480 e.